The highest BCUT2D eigenvalue weighted by atomic mass is 15.5. The third kappa shape index (κ3) is 0.565. The maximum absolute atomic E-state index is 3.35. The summed E-state index contributed by atoms with van der Waals surface area (Å²) in [6, 6.07) is 0.906. The third-order valence-electron chi connectivity index (χ3n) is 2.17. The lowest BCUT2D eigenvalue weighted by molar-refractivity contribution is 0.000806. The van der Waals surface area contributed by atoms with E-state index in [1.807, 2.05) is 0 Å². The molecule has 8 heavy (non-hydrogen) atoms. The van der Waals surface area contributed by atoms with Crippen molar-refractivity contribution < 1.29 is 0 Å². The second-order valence-electron chi connectivity index (χ2n) is 2.69. The Labute approximate surface area is 49.8 Å². The van der Waals surface area contributed by atoms with Crippen LogP contribution in [-0.2, 0) is 0 Å². The van der Waals surface area contributed by atoms with E-state index in [0.29, 0.717) is 0 Å². The number of rotatable bonds is 0. The molecule has 0 saturated carbocycles. The topological polar surface area (TPSA) is 15.3 Å². The molecule has 1 N–H and O–H groups in total. The number of hydrogen-bond acceptors (Lipinski definition) is 2. The molecule has 1 atom stereocenters. The smallest absolute Gasteiger partial charge is 0.0256 e. The predicted octanol–water partition coefficient (Wildman–Crippen LogP) is 0.359. The van der Waals surface area contributed by atoms with Crippen LogP contribution in [0.25, 0.3) is 0 Å². The molecule has 0 spiro atoms. The second-order valence-corrected chi connectivity index (χ2v) is 2.69. The summed E-state index contributed by atoms with van der Waals surface area (Å²) >= 11 is 0. The molecule has 0 aromatic heterocycles. The first-order chi connectivity index (χ1) is 3.97. The maximum atomic E-state index is 3.35. The molecule has 2 heteroatoms. The van der Waals surface area contributed by atoms with E-state index in [1.165, 1.54) is 32.4 Å². The van der Waals surface area contributed by atoms with Crippen molar-refractivity contribution >= 4 is 0 Å². The zero-order valence-corrected chi connectivity index (χ0v) is 5.06. The van der Waals surface area contributed by atoms with Gasteiger partial charge in [0, 0.05) is 19.1 Å². The Morgan fingerprint density at radius 3 is 2.75 bits per heavy atom. The fourth-order valence-corrected chi connectivity index (χ4v) is 1.51. The molecular formula is C6H12N2. The summed E-state index contributed by atoms with van der Waals surface area (Å²) in [5, 5.41) is 2.36. The van der Waals surface area contributed by atoms with E-state index in [9.17, 15) is 0 Å². The Hall–Kier alpha value is -0.0800. The molecule has 0 aromatic carbocycles. The van der Waals surface area contributed by atoms with Crippen LogP contribution in [0, 0.1) is 0 Å². The van der Waals surface area contributed by atoms with Gasteiger partial charge in [-0.25, -0.2) is 5.01 Å². The van der Waals surface area contributed by atoms with Gasteiger partial charge in [-0.3, -0.25) is 5.43 Å². The Kier molecular flexibility index (Phi) is 1.02. The highest BCUT2D eigenvalue weighted by molar-refractivity contribution is 4.82. The summed E-state index contributed by atoms with van der Waals surface area (Å²) in [5.41, 5.74) is 3.35. The molecule has 46 valence electrons. The van der Waals surface area contributed by atoms with Crippen LogP contribution in [0.5, 0.6) is 0 Å². The van der Waals surface area contributed by atoms with Crippen LogP contribution in [0.15, 0.2) is 0 Å². The van der Waals surface area contributed by atoms with Gasteiger partial charge in [-0.15, -0.1) is 0 Å². The van der Waals surface area contributed by atoms with Crippen molar-refractivity contribution in [1.82, 2.24) is 10.4 Å². The number of fused-ring (bicyclic) bond motifs is 1. The first-order valence-electron chi connectivity index (χ1n) is 3.47. The van der Waals surface area contributed by atoms with Gasteiger partial charge in [-0.1, -0.05) is 0 Å². The minimum Gasteiger partial charge on any atom is -0.255 e. The van der Waals surface area contributed by atoms with Crippen LogP contribution < -0.4 is 5.43 Å². The van der Waals surface area contributed by atoms with Gasteiger partial charge in [-0.2, -0.15) is 0 Å². The molecule has 2 nitrogen and oxygen atoms in total. The van der Waals surface area contributed by atoms with Gasteiger partial charge in [0.15, 0.2) is 0 Å². The highest BCUT2D eigenvalue weighted by Crippen LogP contribution is 2.21. The van der Waals surface area contributed by atoms with Crippen LogP contribution in [-0.4, -0.2) is 24.1 Å². The first-order valence-corrected chi connectivity index (χ1v) is 3.47. The van der Waals surface area contributed by atoms with E-state index in [-0.39, 0.29) is 0 Å². The number of nitrogens with one attached hydrogen (secondary N) is 1. The molecule has 0 aromatic rings. The van der Waals surface area contributed by atoms with E-state index in [2.05, 4.69) is 10.4 Å². The van der Waals surface area contributed by atoms with Crippen molar-refractivity contribution in [1.29, 1.82) is 0 Å². The fourth-order valence-electron chi connectivity index (χ4n) is 1.51. The molecule has 2 aliphatic rings. The van der Waals surface area contributed by atoms with Crippen molar-refractivity contribution in [3.63, 3.8) is 0 Å². The monoisotopic (exact) mass is 112 g/mol. The molecule has 0 aliphatic carbocycles. The Balaban J connectivity index is 1.92. The molecule has 0 bridgehead atoms. The summed E-state index contributed by atoms with van der Waals surface area (Å²) < 4.78 is 0. The fraction of sp³-hybridized carbons (Fsp3) is 1.00. The normalized spacial score (nSPS) is 38.2. The molecule has 0 amide bonds. The standard InChI is InChI=1S/C6H12N2/c1-2-6-3-5-8(6)7-4-1/h6-7H,1-5H2. The molecule has 2 saturated heterocycles. The molecule has 2 aliphatic heterocycles. The molecule has 2 heterocycles. The summed E-state index contributed by atoms with van der Waals surface area (Å²) in [4.78, 5) is 0. The van der Waals surface area contributed by atoms with Crippen LogP contribution in [0.4, 0.5) is 0 Å². The number of hydrogen-bond donors (Lipinski definition) is 1. The summed E-state index contributed by atoms with van der Waals surface area (Å²) in [7, 11) is 0. The van der Waals surface area contributed by atoms with Crippen LogP contribution in [0.3, 0.4) is 0 Å². The first kappa shape index (κ1) is 4.77. The molecule has 0 radical (unpaired) electrons. The molecule has 1 unspecified atom stereocenters. The van der Waals surface area contributed by atoms with E-state index in [0.717, 1.165) is 6.04 Å². The van der Waals surface area contributed by atoms with Crippen LogP contribution >= 0.6 is 0 Å². The number of nitrogens with zero attached hydrogens (tertiary/aromatic N) is 1. The SMILES string of the molecule is C1CNN2CCC2C1. The van der Waals surface area contributed by atoms with Gasteiger partial charge in [-0.05, 0) is 19.3 Å². The van der Waals surface area contributed by atoms with Crippen molar-refractivity contribution in [2.24, 2.45) is 0 Å². The Bertz CT molecular complexity index is 80.5. The summed E-state index contributed by atoms with van der Waals surface area (Å²) in [5.74, 6) is 0. The largest absolute Gasteiger partial charge is 0.255 e. The predicted molar refractivity (Wildman–Crippen MR) is 32.3 cm³/mol. The van der Waals surface area contributed by atoms with Crippen molar-refractivity contribution in [3.8, 4) is 0 Å². The average Bonchev–Trinajstić information content (AvgIpc) is 1.72. The van der Waals surface area contributed by atoms with Gasteiger partial charge < -0.3 is 0 Å². The lowest BCUT2D eigenvalue weighted by Gasteiger charge is -2.44. The van der Waals surface area contributed by atoms with E-state index >= 15 is 0 Å². The Morgan fingerprint density at radius 2 is 2.38 bits per heavy atom. The van der Waals surface area contributed by atoms with E-state index < -0.39 is 0 Å². The lowest BCUT2D eigenvalue weighted by atomic mass is 9.98. The van der Waals surface area contributed by atoms with Gasteiger partial charge >= 0.3 is 0 Å². The highest BCUT2D eigenvalue weighted by Gasteiger charge is 2.29. The minimum atomic E-state index is 0.906. The summed E-state index contributed by atoms with van der Waals surface area (Å²) in [6.45, 7) is 2.49. The molecular weight excluding hydrogens is 100 g/mol. The van der Waals surface area contributed by atoms with E-state index in [4.69, 9.17) is 0 Å². The van der Waals surface area contributed by atoms with Crippen molar-refractivity contribution in [2.45, 2.75) is 25.3 Å². The molecule has 2 rings (SSSR count). The Morgan fingerprint density at radius 1 is 1.38 bits per heavy atom. The quantitative estimate of drug-likeness (QED) is 0.486. The van der Waals surface area contributed by atoms with E-state index in [1.54, 1.807) is 0 Å². The maximum Gasteiger partial charge on any atom is 0.0256 e. The second kappa shape index (κ2) is 1.71. The zero-order chi connectivity index (χ0) is 5.40. The summed E-state index contributed by atoms with van der Waals surface area (Å²) in [6.07, 6.45) is 4.22. The minimum absolute atomic E-state index is 0.906. The van der Waals surface area contributed by atoms with Gasteiger partial charge in [0.25, 0.3) is 0 Å². The number of hydrazine groups is 1. The van der Waals surface area contributed by atoms with Gasteiger partial charge in [0.1, 0.15) is 0 Å². The lowest BCUT2D eigenvalue weighted by Crippen LogP contribution is -2.58. The van der Waals surface area contributed by atoms with Crippen molar-refractivity contribution in [2.75, 3.05) is 13.1 Å². The van der Waals surface area contributed by atoms with Crippen LogP contribution in [0.1, 0.15) is 19.3 Å². The van der Waals surface area contributed by atoms with Gasteiger partial charge in [0.2, 0.25) is 0 Å². The van der Waals surface area contributed by atoms with Gasteiger partial charge in [0.05, 0.1) is 0 Å². The third-order valence-corrected chi connectivity index (χ3v) is 2.17. The average molecular weight is 112 g/mol. The molecule has 2 fully saturated rings. The van der Waals surface area contributed by atoms with Crippen molar-refractivity contribution in [3.05, 3.63) is 0 Å². The zero-order valence-electron chi connectivity index (χ0n) is 5.06. The van der Waals surface area contributed by atoms with Crippen LogP contribution in [0.2, 0.25) is 0 Å².